The predicted octanol–water partition coefficient (Wildman–Crippen LogP) is 3.69. The molecule has 0 bridgehead atoms. The number of hydrogen-bond donors (Lipinski definition) is 1. The van der Waals surface area contributed by atoms with Crippen molar-refractivity contribution in [3.63, 3.8) is 0 Å². The van der Waals surface area contributed by atoms with E-state index in [-0.39, 0.29) is 6.03 Å². The molecule has 26 heavy (non-hydrogen) atoms. The number of nitrogens with one attached hydrogen (secondary N) is 1. The Morgan fingerprint density at radius 2 is 1.92 bits per heavy atom. The van der Waals surface area contributed by atoms with Crippen molar-refractivity contribution in [2.24, 2.45) is 0 Å². The Labute approximate surface area is 159 Å². The van der Waals surface area contributed by atoms with Crippen LogP contribution in [0.5, 0.6) is 5.75 Å². The first-order chi connectivity index (χ1) is 12.6. The quantitative estimate of drug-likeness (QED) is 0.889. The molecule has 0 radical (unpaired) electrons. The van der Waals surface area contributed by atoms with Crippen LogP contribution < -0.4 is 15.0 Å². The molecule has 5 nitrogen and oxygen atoms in total. The molecule has 0 spiro atoms. The zero-order valence-corrected chi connectivity index (χ0v) is 15.9. The second-order valence-corrected chi connectivity index (χ2v) is 6.85. The van der Waals surface area contributed by atoms with E-state index >= 15 is 0 Å². The molecule has 2 aromatic rings. The lowest BCUT2D eigenvalue weighted by Gasteiger charge is -2.36. The summed E-state index contributed by atoms with van der Waals surface area (Å²) in [5.41, 5.74) is 3.23. The molecule has 0 aliphatic carbocycles. The highest BCUT2D eigenvalue weighted by atomic mass is 35.5. The highest BCUT2D eigenvalue weighted by Crippen LogP contribution is 2.21. The zero-order chi connectivity index (χ0) is 18.5. The van der Waals surface area contributed by atoms with Gasteiger partial charge in [-0.2, -0.15) is 0 Å². The molecular formula is C20H24ClN3O2. The van der Waals surface area contributed by atoms with Crippen molar-refractivity contribution in [2.75, 3.05) is 38.2 Å². The van der Waals surface area contributed by atoms with Gasteiger partial charge in [-0.05, 0) is 42.3 Å². The number of carbonyl (C=O) groups excluding carboxylic acids is 1. The molecule has 1 fully saturated rings. The minimum atomic E-state index is -0.0239. The number of aryl methyl sites for hydroxylation is 1. The summed E-state index contributed by atoms with van der Waals surface area (Å²) in [4.78, 5) is 16.5. The lowest BCUT2D eigenvalue weighted by atomic mass is 10.1. The number of urea groups is 1. The van der Waals surface area contributed by atoms with Gasteiger partial charge in [0.1, 0.15) is 5.75 Å². The second-order valence-electron chi connectivity index (χ2n) is 6.42. The van der Waals surface area contributed by atoms with E-state index in [1.54, 1.807) is 7.11 Å². The number of nitrogens with zero attached hydrogens (tertiary/aromatic N) is 2. The van der Waals surface area contributed by atoms with E-state index in [4.69, 9.17) is 16.3 Å². The molecule has 0 atom stereocenters. The molecule has 0 saturated carbocycles. The summed E-state index contributed by atoms with van der Waals surface area (Å²) in [5.74, 6) is 0.859. The number of ether oxygens (including phenoxy) is 1. The van der Waals surface area contributed by atoms with Crippen LogP contribution in [0.1, 0.15) is 11.1 Å². The first-order valence-electron chi connectivity index (χ1n) is 8.73. The standard InChI is InChI=1S/C20H24ClN3O2/c1-15-12-16(6-7-19(15)26-2)14-22-20(25)24-10-8-23(9-11-24)18-5-3-4-17(21)13-18/h3-7,12-13H,8-11,14H2,1-2H3,(H,22,25). The molecule has 2 aromatic carbocycles. The van der Waals surface area contributed by atoms with E-state index in [9.17, 15) is 4.79 Å². The van der Waals surface area contributed by atoms with E-state index in [0.29, 0.717) is 19.6 Å². The molecule has 1 N–H and O–H groups in total. The van der Waals surface area contributed by atoms with Crippen LogP contribution in [0.15, 0.2) is 42.5 Å². The molecule has 1 aliphatic rings. The van der Waals surface area contributed by atoms with Crippen molar-refractivity contribution in [1.82, 2.24) is 10.2 Å². The van der Waals surface area contributed by atoms with Crippen LogP contribution >= 0.6 is 11.6 Å². The zero-order valence-electron chi connectivity index (χ0n) is 15.2. The fourth-order valence-electron chi connectivity index (χ4n) is 3.18. The van der Waals surface area contributed by atoms with Crippen molar-refractivity contribution < 1.29 is 9.53 Å². The molecule has 2 amide bonds. The molecule has 1 heterocycles. The average molecular weight is 374 g/mol. The highest BCUT2D eigenvalue weighted by Gasteiger charge is 2.21. The molecule has 0 unspecified atom stereocenters. The number of carbonyl (C=O) groups is 1. The molecule has 1 saturated heterocycles. The fraction of sp³-hybridized carbons (Fsp3) is 0.350. The van der Waals surface area contributed by atoms with Crippen LogP contribution in [0.2, 0.25) is 5.02 Å². The van der Waals surface area contributed by atoms with E-state index in [1.165, 1.54) is 0 Å². The summed E-state index contributed by atoms with van der Waals surface area (Å²) >= 11 is 6.06. The lowest BCUT2D eigenvalue weighted by Crippen LogP contribution is -2.51. The van der Waals surface area contributed by atoms with Gasteiger partial charge >= 0.3 is 6.03 Å². The SMILES string of the molecule is COc1ccc(CNC(=O)N2CCN(c3cccc(Cl)c3)CC2)cc1C. The smallest absolute Gasteiger partial charge is 0.317 e. The van der Waals surface area contributed by atoms with Gasteiger partial charge in [-0.3, -0.25) is 0 Å². The molecule has 6 heteroatoms. The van der Waals surface area contributed by atoms with Gasteiger partial charge in [0.15, 0.2) is 0 Å². The van der Waals surface area contributed by atoms with Gasteiger partial charge in [-0.15, -0.1) is 0 Å². The number of halogens is 1. The van der Waals surface area contributed by atoms with Gasteiger partial charge in [0.25, 0.3) is 0 Å². The minimum Gasteiger partial charge on any atom is -0.496 e. The van der Waals surface area contributed by atoms with Crippen LogP contribution in [0.4, 0.5) is 10.5 Å². The maximum absolute atomic E-state index is 12.4. The predicted molar refractivity (Wildman–Crippen MR) is 105 cm³/mol. The van der Waals surface area contributed by atoms with Crippen molar-refractivity contribution in [3.05, 3.63) is 58.6 Å². The maximum Gasteiger partial charge on any atom is 0.317 e. The van der Waals surface area contributed by atoms with Gasteiger partial charge in [0.05, 0.1) is 7.11 Å². The van der Waals surface area contributed by atoms with E-state index < -0.39 is 0 Å². The molecular weight excluding hydrogens is 350 g/mol. The Morgan fingerprint density at radius 1 is 1.15 bits per heavy atom. The molecule has 138 valence electrons. The topological polar surface area (TPSA) is 44.8 Å². The molecule has 1 aliphatic heterocycles. The van der Waals surface area contributed by atoms with E-state index in [0.717, 1.165) is 40.7 Å². The van der Waals surface area contributed by atoms with E-state index in [1.807, 2.05) is 54.3 Å². The van der Waals surface area contributed by atoms with Crippen molar-refractivity contribution in [1.29, 1.82) is 0 Å². The van der Waals surface area contributed by atoms with Crippen molar-refractivity contribution in [3.8, 4) is 5.75 Å². The Kier molecular flexibility index (Phi) is 5.89. The number of methoxy groups -OCH3 is 1. The second kappa shape index (κ2) is 8.32. The number of rotatable bonds is 4. The van der Waals surface area contributed by atoms with Crippen LogP contribution in [-0.2, 0) is 6.54 Å². The van der Waals surface area contributed by atoms with Crippen molar-refractivity contribution in [2.45, 2.75) is 13.5 Å². The third-order valence-corrected chi connectivity index (χ3v) is 4.88. The monoisotopic (exact) mass is 373 g/mol. The first kappa shape index (κ1) is 18.4. The Bertz CT molecular complexity index is 773. The highest BCUT2D eigenvalue weighted by molar-refractivity contribution is 6.30. The van der Waals surface area contributed by atoms with Crippen molar-refractivity contribution >= 4 is 23.3 Å². The van der Waals surface area contributed by atoms with Crippen LogP contribution in [-0.4, -0.2) is 44.2 Å². The normalized spacial score (nSPS) is 14.3. The lowest BCUT2D eigenvalue weighted by molar-refractivity contribution is 0.194. The van der Waals surface area contributed by atoms with Crippen LogP contribution in [0.25, 0.3) is 0 Å². The van der Waals surface area contributed by atoms with Crippen LogP contribution in [0.3, 0.4) is 0 Å². The fourth-order valence-corrected chi connectivity index (χ4v) is 3.37. The maximum atomic E-state index is 12.4. The third kappa shape index (κ3) is 4.41. The first-order valence-corrected chi connectivity index (χ1v) is 9.11. The van der Waals surface area contributed by atoms with Gasteiger partial charge in [-0.1, -0.05) is 29.8 Å². The van der Waals surface area contributed by atoms with Gasteiger partial charge < -0.3 is 19.9 Å². The summed E-state index contributed by atoms with van der Waals surface area (Å²) in [6, 6.07) is 13.8. The number of piperazine rings is 1. The van der Waals surface area contributed by atoms with E-state index in [2.05, 4.69) is 10.2 Å². The summed E-state index contributed by atoms with van der Waals surface area (Å²) in [7, 11) is 1.66. The van der Waals surface area contributed by atoms with Gasteiger partial charge in [-0.25, -0.2) is 4.79 Å². The molecule has 0 aromatic heterocycles. The number of hydrogen-bond acceptors (Lipinski definition) is 3. The summed E-state index contributed by atoms with van der Waals surface area (Å²) in [5, 5.41) is 3.74. The Balaban J connectivity index is 1.50. The number of benzene rings is 2. The summed E-state index contributed by atoms with van der Waals surface area (Å²) in [6.45, 7) is 5.50. The summed E-state index contributed by atoms with van der Waals surface area (Å²) in [6.07, 6.45) is 0. The molecule has 3 rings (SSSR count). The Morgan fingerprint density at radius 3 is 2.58 bits per heavy atom. The Hall–Kier alpha value is -2.40. The average Bonchev–Trinajstić information content (AvgIpc) is 2.66. The van der Waals surface area contributed by atoms with Crippen LogP contribution in [0, 0.1) is 6.92 Å². The number of amides is 2. The number of anilines is 1. The van der Waals surface area contributed by atoms with Gasteiger partial charge in [0, 0.05) is 43.4 Å². The minimum absolute atomic E-state index is 0.0239. The third-order valence-electron chi connectivity index (χ3n) is 4.64. The largest absolute Gasteiger partial charge is 0.496 e. The summed E-state index contributed by atoms with van der Waals surface area (Å²) < 4.78 is 5.27. The van der Waals surface area contributed by atoms with Gasteiger partial charge in [0.2, 0.25) is 0 Å².